The molecule has 0 saturated carbocycles. The Morgan fingerprint density at radius 3 is 2.54 bits per heavy atom. The molecule has 0 aliphatic carbocycles. The van der Waals surface area contributed by atoms with Crippen LogP contribution in [0.1, 0.15) is 21.5 Å². The number of carbonyl (C=O) groups excluding carboxylic acids is 1. The Kier molecular flexibility index (Phi) is 2.78. The number of benzene rings is 1. The molecule has 0 aromatic heterocycles. The first-order chi connectivity index (χ1) is 6.06. The van der Waals surface area contributed by atoms with E-state index in [0.29, 0.717) is 5.56 Å². The van der Waals surface area contributed by atoms with Gasteiger partial charge in [0, 0.05) is 0 Å². The maximum atomic E-state index is 13.3. The molecule has 0 saturated heterocycles. The van der Waals surface area contributed by atoms with E-state index in [4.69, 9.17) is 5.73 Å². The first-order valence-electron chi connectivity index (χ1n) is 4.06. The minimum Gasteiger partial charge on any atom is -0.324 e. The van der Waals surface area contributed by atoms with E-state index in [1.54, 1.807) is 19.9 Å². The van der Waals surface area contributed by atoms with Gasteiger partial charge in [-0.15, -0.1) is 0 Å². The SMILES string of the molecule is Cc1cc(C)c(C(=O)CN)c(F)c1. The number of ketones is 1. The third-order valence-corrected chi connectivity index (χ3v) is 1.90. The van der Waals surface area contributed by atoms with Crippen LogP contribution < -0.4 is 5.73 Å². The molecule has 2 N–H and O–H groups in total. The van der Waals surface area contributed by atoms with Crippen LogP contribution >= 0.6 is 0 Å². The zero-order valence-electron chi connectivity index (χ0n) is 7.73. The number of hydrogen-bond donors (Lipinski definition) is 1. The molecule has 1 rings (SSSR count). The number of Topliss-reactive ketones (excluding diaryl/α,β-unsaturated/α-hetero) is 1. The number of carbonyl (C=O) groups is 1. The monoisotopic (exact) mass is 181 g/mol. The zero-order chi connectivity index (χ0) is 10.0. The quantitative estimate of drug-likeness (QED) is 0.704. The Balaban J connectivity index is 3.28. The van der Waals surface area contributed by atoms with Crippen LogP contribution in [0.4, 0.5) is 4.39 Å². The summed E-state index contributed by atoms with van der Waals surface area (Å²) in [5, 5.41) is 0. The maximum Gasteiger partial charge on any atom is 0.179 e. The highest BCUT2D eigenvalue weighted by Crippen LogP contribution is 2.15. The Hall–Kier alpha value is -1.22. The maximum absolute atomic E-state index is 13.3. The molecule has 70 valence electrons. The molecule has 2 nitrogen and oxygen atoms in total. The number of nitrogens with two attached hydrogens (primary N) is 1. The molecule has 1 aromatic rings. The molecule has 0 spiro atoms. The second-order valence-corrected chi connectivity index (χ2v) is 3.07. The van der Waals surface area contributed by atoms with Gasteiger partial charge in [0.2, 0.25) is 0 Å². The highest BCUT2D eigenvalue weighted by atomic mass is 19.1. The molecular weight excluding hydrogens is 169 g/mol. The van der Waals surface area contributed by atoms with E-state index in [0.717, 1.165) is 5.56 Å². The van der Waals surface area contributed by atoms with E-state index in [9.17, 15) is 9.18 Å². The largest absolute Gasteiger partial charge is 0.324 e. The fraction of sp³-hybridized carbons (Fsp3) is 0.300. The van der Waals surface area contributed by atoms with Gasteiger partial charge < -0.3 is 5.73 Å². The highest BCUT2D eigenvalue weighted by molar-refractivity contribution is 5.99. The lowest BCUT2D eigenvalue weighted by molar-refractivity contribution is 0.0997. The molecule has 0 heterocycles. The van der Waals surface area contributed by atoms with Gasteiger partial charge >= 0.3 is 0 Å². The van der Waals surface area contributed by atoms with Crippen molar-refractivity contribution in [3.8, 4) is 0 Å². The predicted molar refractivity (Wildman–Crippen MR) is 49.3 cm³/mol. The summed E-state index contributed by atoms with van der Waals surface area (Å²) < 4.78 is 13.3. The van der Waals surface area contributed by atoms with Crippen LogP contribution in [0.3, 0.4) is 0 Å². The smallest absolute Gasteiger partial charge is 0.179 e. The number of aryl methyl sites for hydroxylation is 2. The van der Waals surface area contributed by atoms with E-state index < -0.39 is 5.82 Å². The summed E-state index contributed by atoms with van der Waals surface area (Å²) in [6.07, 6.45) is 0. The van der Waals surface area contributed by atoms with Gasteiger partial charge in [-0.1, -0.05) is 6.07 Å². The van der Waals surface area contributed by atoms with Gasteiger partial charge in [0.15, 0.2) is 5.78 Å². The minimum atomic E-state index is -0.479. The Bertz CT molecular complexity index is 324. The Morgan fingerprint density at radius 1 is 1.46 bits per heavy atom. The van der Waals surface area contributed by atoms with Crippen molar-refractivity contribution in [2.75, 3.05) is 6.54 Å². The first kappa shape index (κ1) is 9.86. The van der Waals surface area contributed by atoms with Crippen molar-refractivity contribution < 1.29 is 9.18 Å². The standard InChI is InChI=1S/C10H12FNO/c1-6-3-7(2)10(8(11)4-6)9(13)5-12/h3-4H,5,12H2,1-2H3. The van der Waals surface area contributed by atoms with Crippen LogP contribution in [-0.4, -0.2) is 12.3 Å². The summed E-state index contributed by atoms with van der Waals surface area (Å²) in [5.41, 5.74) is 6.74. The molecule has 13 heavy (non-hydrogen) atoms. The zero-order valence-corrected chi connectivity index (χ0v) is 7.73. The van der Waals surface area contributed by atoms with E-state index >= 15 is 0 Å². The molecule has 0 fully saturated rings. The molecule has 0 radical (unpaired) electrons. The van der Waals surface area contributed by atoms with Crippen LogP contribution in [0.25, 0.3) is 0 Å². The van der Waals surface area contributed by atoms with Crippen LogP contribution in [0, 0.1) is 19.7 Å². The lowest BCUT2D eigenvalue weighted by atomic mass is 10.0. The molecule has 3 heteroatoms. The van der Waals surface area contributed by atoms with Crippen molar-refractivity contribution in [3.63, 3.8) is 0 Å². The summed E-state index contributed by atoms with van der Waals surface area (Å²) in [7, 11) is 0. The number of rotatable bonds is 2. The van der Waals surface area contributed by atoms with Crippen molar-refractivity contribution in [3.05, 3.63) is 34.6 Å². The van der Waals surface area contributed by atoms with Gasteiger partial charge in [-0.05, 0) is 31.0 Å². The third kappa shape index (κ3) is 1.92. The third-order valence-electron chi connectivity index (χ3n) is 1.90. The van der Waals surface area contributed by atoms with Crippen molar-refractivity contribution in [2.45, 2.75) is 13.8 Å². The molecule has 0 atom stereocenters. The molecule has 0 aliphatic rings. The summed E-state index contributed by atoms with van der Waals surface area (Å²) in [6.45, 7) is 3.34. The molecular formula is C10H12FNO. The van der Waals surface area contributed by atoms with E-state index in [2.05, 4.69) is 0 Å². The van der Waals surface area contributed by atoms with Crippen LogP contribution in [-0.2, 0) is 0 Å². The van der Waals surface area contributed by atoms with Gasteiger partial charge in [-0.25, -0.2) is 4.39 Å². The van der Waals surface area contributed by atoms with Gasteiger partial charge in [-0.2, -0.15) is 0 Å². The van der Waals surface area contributed by atoms with Gasteiger partial charge in [-0.3, -0.25) is 4.79 Å². The van der Waals surface area contributed by atoms with Gasteiger partial charge in [0.05, 0.1) is 12.1 Å². The van der Waals surface area contributed by atoms with Crippen molar-refractivity contribution in [2.24, 2.45) is 5.73 Å². The molecule has 1 aromatic carbocycles. The normalized spacial score (nSPS) is 10.2. The van der Waals surface area contributed by atoms with E-state index in [1.165, 1.54) is 6.07 Å². The van der Waals surface area contributed by atoms with Gasteiger partial charge in [0.1, 0.15) is 5.82 Å². The predicted octanol–water partition coefficient (Wildman–Crippen LogP) is 1.58. The summed E-state index contributed by atoms with van der Waals surface area (Å²) in [5.74, 6) is -0.831. The van der Waals surface area contributed by atoms with Gasteiger partial charge in [0.25, 0.3) is 0 Å². The lowest BCUT2D eigenvalue weighted by Crippen LogP contribution is -2.16. The Morgan fingerprint density at radius 2 is 2.08 bits per heavy atom. The second kappa shape index (κ2) is 3.66. The average molecular weight is 181 g/mol. The van der Waals surface area contributed by atoms with Crippen LogP contribution in [0.2, 0.25) is 0 Å². The topological polar surface area (TPSA) is 43.1 Å². The molecule has 0 aliphatic heterocycles. The van der Waals surface area contributed by atoms with Crippen LogP contribution in [0.5, 0.6) is 0 Å². The first-order valence-corrected chi connectivity index (χ1v) is 4.06. The van der Waals surface area contributed by atoms with Crippen molar-refractivity contribution in [1.29, 1.82) is 0 Å². The highest BCUT2D eigenvalue weighted by Gasteiger charge is 2.13. The number of hydrogen-bond acceptors (Lipinski definition) is 2. The second-order valence-electron chi connectivity index (χ2n) is 3.07. The number of halogens is 1. The fourth-order valence-electron chi connectivity index (χ4n) is 1.37. The van der Waals surface area contributed by atoms with Crippen LogP contribution in [0.15, 0.2) is 12.1 Å². The van der Waals surface area contributed by atoms with E-state index in [1.807, 2.05) is 0 Å². The Labute approximate surface area is 76.6 Å². The molecule has 0 bridgehead atoms. The van der Waals surface area contributed by atoms with Crippen molar-refractivity contribution >= 4 is 5.78 Å². The van der Waals surface area contributed by atoms with Crippen molar-refractivity contribution in [1.82, 2.24) is 0 Å². The lowest BCUT2D eigenvalue weighted by Gasteiger charge is -2.05. The average Bonchev–Trinajstić information content (AvgIpc) is 2.02. The fourth-order valence-corrected chi connectivity index (χ4v) is 1.37. The molecule has 0 unspecified atom stereocenters. The van der Waals surface area contributed by atoms with E-state index in [-0.39, 0.29) is 17.9 Å². The summed E-state index contributed by atoms with van der Waals surface area (Å²) in [6, 6.07) is 3.11. The summed E-state index contributed by atoms with van der Waals surface area (Å²) in [4.78, 5) is 11.2. The summed E-state index contributed by atoms with van der Waals surface area (Å²) >= 11 is 0. The minimum absolute atomic E-state index is 0.119. The molecule has 0 amide bonds.